The Kier molecular flexibility index (Phi) is 4.25. The van der Waals surface area contributed by atoms with Crippen molar-refractivity contribution in [2.75, 3.05) is 26.7 Å². The van der Waals surface area contributed by atoms with Crippen LogP contribution in [-0.2, 0) is 0 Å². The molecule has 1 aromatic heterocycles. The molecular formula is C13H18FN3O. The van der Waals surface area contributed by atoms with E-state index in [1.165, 1.54) is 12.3 Å². The van der Waals surface area contributed by atoms with Crippen LogP contribution in [0.1, 0.15) is 23.2 Å². The Balaban J connectivity index is 1.98. The molecule has 2 rings (SSSR count). The largest absolute Gasteiger partial charge is 0.341 e. The van der Waals surface area contributed by atoms with E-state index < -0.39 is 5.82 Å². The highest BCUT2D eigenvalue weighted by Crippen LogP contribution is 2.13. The standard InChI is InChI=1S/C13H18FN3O/c1-17(9-10-3-2-5-15-7-10)13(18)11-4-6-16-8-12(11)14/h4,6,8,10,15H,2-3,5,7,9H2,1H3. The van der Waals surface area contributed by atoms with Gasteiger partial charge in [-0.05, 0) is 37.9 Å². The number of rotatable bonds is 3. The molecule has 98 valence electrons. The van der Waals surface area contributed by atoms with Crippen LogP contribution in [0.2, 0.25) is 0 Å². The lowest BCUT2D eigenvalue weighted by Gasteiger charge is -2.27. The summed E-state index contributed by atoms with van der Waals surface area (Å²) < 4.78 is 13.5. The van der Waals surface area contributed by atoms with Gasteiger partial charge in [-0.2, -0.15) is 0 Å². The minimum atomic E-state index is -0.559. The Morgan fingerprint density at radius 3 is 3.17 bits per heavy atom. The maximum Gasteiger partial charge on any atom is 0.256 e. The number of carbonyl (C=O) groups excluding carboxylic acids is 1. The van der Waals surface area contributed by atoms with Gasteiger partial charge in [0.15, 0.2) is 5.82 Å². The quantitative estimate of drug-likeness (QED) is 0.880. The average molecular weight is 251 g/mol. The van der Waals surface area contributed by atoms with Gasteiger partial charge in [0.1, 0.15) is 0 Å². The summed E-state index contributed by atoms with van der Waals surface area (Å²) in [6.45, 7) is 2.64. The van der Waals surface area contributed by atoms with Crippen LogP contribution in [0, 0.1) is 11.7 Å². The summed E-state index contributed by atoms with van der Waals surface area (Å²) in [7, 11) is 1.72. The maximum absolute atomic E-state index is 13.5. The molecular weight excluding hydrogens is 233 g/mol. The van der Waals surface area contributed by atoms with Crippen LogP contribution < -0.4 is 5.32 Å². The van der Waals surface area contributed by atoms with Gasteiger partial charge in [0.25, 0.3) is 5.91 Å². The first kappa shape index (κ1) is 13.0. The second-order valence-electron chi connectivity index (χ2n) is 4.75. The lowest BCUT2D eigenvalue weighted by molar-refractivity contribution is 0.0760. The van der Waals surface area contributed by atoms with E-state index in [1.54, 1.807) is 11.9 Å². The molecule has 1 saturated heterocycles. The van der Waals surface area contributed by atoms with Gasteiger partial charge in [-0.3, -0.25) is 9.78 Å². The predicted octanol–water partition coefficient (Wildman–Crippen LogP) is 1.29. The zero-order chi connectivity index (χ0) is 13.0. The molecule has 0 radical (unpaired) electrons. The maximum atomic E-state index is 13.5. The molecule has 1 aliphatic heterocycles. The summed E-state index contributed by atoms with van der Waals surface area (Å²) in [5, 5.41) is 3.31. The third-order valence-electron chi connectivity index (χ3n) is 3.28. The first-order valence-corrected chi connectivity index (χ1v) is 6.24. The van der Waals surface area contributed by atoms with E-state index in [-0.39, 0.29) is 11.5 Å². The van der Waals surface area contributed by atoms with E-state index in [9.17, 15) is 9.18 Å². The fraction of sp³-hybridized carbons (Fsp3) is 0.538. The summed E-state index contributed by atoms with van der Waals surface area (Å²) in [4.78, 5) is 17.3. The molecule has 0 spiro atoms. The summed E-state index contributed by atoms with van der Waals surface area (Å²) in [6, 6.07) is 1.42. The molecule has 5 heteroatoms. The number of hydrogen-bond donors (Lipinski definition) is 1. The van der Waals surface area contributed by atoms with Gasteiger partial charge >= 0.3 is 0 Å². The normalized spacial score (nSPS) is 19.6. The second kappa shape index (κ2) is 5.91. The highest BCUT2D eigenvalue weighted by Gasteiger charge is 2.20. The molecule has 0 aliphatic carbocycles. The van der Waals surface area contributed by atoms with Crippen LogP contribution in [0.15, 0.2) is 18.5 Å². The Labute approximate surface area is 106 Å². The minimum absolute atomic E-state index is 0.0938. The zero-order valence-electron chi connectivity index (χ0n) is 10.5. The molecule has 0 saturated carbocycles. The SMILES string of the molecule is CN(CC1CCCNC1)C(=O)c1ccncc1F. The van der Waals surface area contributed by atoms with E-state index in [0.717, 1.165) is 32.1 Å². The van der Waals surface area contributed by atoms with Gasteiger partial charge in [-0.15, -0.1) is 0 Å². The van der Waals surface area contributed by atoms with E-state index in [1.807, 2.05) is 0 Å². The number of halogens is 1. The number of piperidine rings is 1. The number of hydrogen-bond acceptors (Lipinski definition) is 3. The van der Waals surface area contributed by atoms with E-state index in [4.69, 9.17) is 0 Å². The number of aromatic nitrogens is 1. The van der Waals surface area contributed by atoms with Crippen molar-refractivity contribution in [2.45, 2.75) is 12.8 Å². The van der Waals surface area contributed by atoms with E-state index in [0.29, 0.717) is 12.5 Å². The van der Waals surface area contributed by atoms with Gasteiger partial charge in [0.05, 0.1) is 11.8 Å². The van der Waals surface area contributed by atoms with Crippen molar-refractivity contribution in [3.8, 4) is 0 Å². The second-order valence-corrected chi connectivity index (χ2v) is 4.75. The van der Waals surface area contributed by atoms with Crippen LogP contribution in [0.5, 0.6) is 0 Å². The Morgan fingerprint density at radius 2 is 2.50 bits per heavy atom. The zero-order valence-corrected chi connectivity index (χ0v) is 10.5. The summed E-state index contributed by atoms with van der Waals surface area (Å²) in [5.74, 6) is -0.380. The molecule has 2 heterocycles. The van der Waals surface area contributed by atoms with Gasteiger partial charge in [0, 0.05) is 19.8 Å². The topological polar surface area (TPSA) is 45.2 Å². The Hall–Kier alpha value is -1.49. The highest BCUT2D eigenvalue weighted by atomic mass is 19.1. The van der Waals surface area contributed by atoms with Crippen molar-refractivity contribution in [1.82, 2.24) is 15.2 Å². The Bertz CT molecular complexity index is 418. The fourth-order valence-corrected chi connectivity index (χ4v) is 2.30. The lowest BCUT2D eigenvalue weighted by atomic mass is 9.99. The van der Waals surface area contributed by atoms with Crippen LogP contribution >= 0.6 is 0 Å². The third-order valence-corrected chi connectivity index (χ3v) is 3.28. The molecule has 1 atom stereocenters. The fourth-order valence-electron chi connectivity index (χ4n) is 2.30. The lowest BCUT2D eigenvalue weighted by Crippen LogP contribution is -2.39. The number of carbonyl (C=O) groups is 1. The van der Waals surface area contributed by atoms with Crippen molar-refractivity contribution >= 4 is 5.91 Å². The molecule has 1 amide bonds. The molecule has 1 N–H and O–H groups in total. The van der Waals surface area contributed by atoms with Crippen LogP contribution in [-0.4, -0.2) is 42.5 Å². The number of amides is 1. The van der Waals surface area contributed by atoms with E-state index in [2.05, 4.69) is 10.3 Å². The molecule has 1 unspecified atom stereocenters. The van der Waals surface area contributed by atoms with Gasteiger partial charge in [-0.25, -0.2) is 4.39 Å². The van der Waals surface area contributed by atoms with Crippen LogP contribution in [0.4, 0.5) is 4.39 Å². The first-order chi connectivity index (χ1) is 8.68. The van der Waals surface area contributed by atoms with E-state index >= 15 is 0 Å². The monoisotopic (exact) mass is 251 g/mol. The summed E-state index contributed by atoms with van der Waals surface area (Å²) in [5.41, 5.74) is 0.0938. The van der Waals surface area contributed by atoms with Crippen molar-refractivity contribution in [3.63, 3.8) is 0 Å². The molecule has 1 fully saturated rings. The average Bonchev–Trinajstić information content (AvgIpc) is 2.39. The smallest absolute Gasteiger partial charge is 0.256 e. The molecule has 0 bridgehead atoms. The molecule has 0 aromatic carbocycles. The minimum Gasteiger partial charge on any atom is -0.341 e. The van der Waals surface area contributed by atoms with Crippen molar-refractivity contribution < 1.29 is 9.18 Å². The molecule has 1 aliphatic rings. The van der Waals surface area contributed by atoms with Gasteiger partial charge < -0.3 is 10.2 Å². The highest BCUT2D eigenvalue weighted by molar-refractivity contribution is 5.94. The summed E-state index contributed by atoms with van der Waals surface area (Å²) in [6.07, 6.45) is 4.76. The van der Waals surface area contributed by atoms with Crippen LogP contribution in [0.25, 0.3) is 0 Å². The van der Waals surface area contributed by atoms with Gasteiger partial charge in [0.2, 0.25) is 0 Å². The Morgan fingerprint density at radius 1 is 1.67 bits per heavy atom. The third kappa shape index (κ3) is 3.04. The number of pyridine rings is 1. The first-order valence-electron chi connectivity index (χ1n) is 6.24. The number of nitrogens with zero attached hydrogens (tertiary/aromatic N) is 2. The molecule has 18 heavy (non-hydrogen) atoms. The van der Waals surface area contributed by atoms with Crippen molar-refractivity contribution in [1.29, 1.82) is 0 Å². The van der Waals surface area contributed by atoms with Crippen LogP contribution in [0.3, 0.4) is 0 Å². The predicted molar refractivity (Wildman–Crippen MR) is 66.7 cm³/mol. The molecule has 1 aromatic rings. The number of nitrogens with one attached hydrogen (secondary N) is 1. The van der Waals surface area contributed by atoms with Crippen molar-refractivity contribution in [3.05, 3.63) is 29.8 Å². The summed E-state index contributed by atoms with van der Waals surface area (Å²) >= 11 is 0. The van der Waals surface area contributed by atoms with Crippen molar-refractivity contribution in [2.24, 2.45) is 5.92 Å². The van der Waals surface area contributed by atoms with Gasteiger partial charge in [-0.1, -0.05) is 0 Å². The molecule has 4 nitrogen and oxygen atoms in total.